The Balaban J connectivity index is 1.97. The van der Waals surface area contributed by atoms with Gasteiger partial charge < -0.3 is 14.3 Å². The Labute approximate surface area is 137 Å². The minimum Gasteiger partial charge on any atom is -0.461 e. The number of aryl methyl sites for hydroxylation is 1. The van der Waals surface area contributed by atoms with Gasteiger partial charge in [0, 0.05) is 18.3 Å². The molecular formula is C16H16F2N2O2S. The number of imidazole rings is 1. The number of aromatic amines is 1. The molecular weight excluding hydrogens is 322 g/mol. The van der Waals surface area contributed by atoms with E-state index >= 15 is 0 Å². The van der Waals surface area contributed by atoms with E-state index < -0.39 is 17.6 Å². The lowest BCUT2D eigenvalue weighted by Gasteiger charge is -2.27. The first-order valence-electron chi connectivity index (χ1n) is 7.45. The maximum atomic E-state index is 14.1. The number of fused-ring (bicyclic) bond motifs is 1. The summed E-state index contributed by atoms with van der Waals surface area (Å²) in [5, 5.41) is 0. The number of nitrogens with one attached hydrogen (secondary N) is 1. The van der Waals surface area contributed by atoms with E-state index in [0.29, 0.717) is 40.9 Å². The third kappa shape index (κ3) is 2.93. The highest BCUT2D eigenvalue weighted by Crippen LogP contribution is 2.32. The Morgan fingerprint density at radius 3 is 3.00 bits per heavy atom. The van der Waals surface area contributed by atoms with Crippen molar-refractivity contribution < 1.29 is 18.3 Å². The van der Waals surface area contributed by atoms with Crippen LogP contribution in [0.3, 0.4) is 0 Å². The predicted octanol–water partition coefficient (Wildman–Crippen LogP) is 3.73. The fourth-order valence-corrected chi connectivity index (χ4v) is 3.40. The molecule has 0 aliphatic heterocycles. The van der Waals surface area contributed by atoms with Gasteiger partial charge in [0.25, 0.3) is 0 Å². The second kappa shape index (κ2) is 6.23. The van der Waals surface area contributed by atoms with Crippen molar-refractivity contribution in [2.75, 3.05) is 6.61 Å². The number of benzene rings is 1. The first-order chi connectivity index (χ1) is 11.0. The van der Waals surface area contributed by atoms with Crippen LogP contribution in [0.1, 0.15) is 41.0 Å². The zero-order valence-electron chi connectivity index (χ0n) is 12.6. The Morgan fingerprint density at radius 2 is 2.26 bits per heavy atom. The van der Waals surface area contributed by atoms with Gasteiger partial charge in [-0.15, -0.1) is 0 Å². The fraction of sp³-hybridized carbons (Fsp3) is 0.375. The molecule has 0 saturated heterocycles. The van der Waals surface area contributed by atoms with Crippen molar-refractivity contribution in [3.8, 4) is 0 Å². The van der Waals surface area contributed by atoms with Gasteiger partial charge in [-0.2, -0.15) is 0 Å². The Kier molecular flexibility index (Phi) is 4.30. The number of aromatic nitrogens is 2. The first kappa shape index (κ1) is 15.9. The standard InChI is InChI=1S/C16H16F2N2O2S/c1-2-22-15(21)14-8-19-16(23)20(14)11-4-3-9-5-10(17)6-13(18)12(9)7-11/h5-6,8,11H,2-4,7H2,1H3,(H,19,23). The Morgan fingerprint density at radius 1 is 1.48 bits per heavy atom. The summed E-state index contributed by atoms with van der Waals surface area (Å²) in [4.78, 5) is 14.9. The summed E-state index contributed by atoms with van der Waals surface area (Å²) in [6, 6.07) is 2.10. The van der Waals surface area contributed by atoms with E-state index in [2.05, 4.69) is 4.98 Å². The number of H-pyrrole nitrogens is 1. The topological polar surface area (TPSA) is 47.0 Å². The van der Waals surface area contributed by atoms with Crippen molar-refractivity contribution >= 4 is 18.2 Å². The lowest BCUT2D eigenvalue weighted by Crippen LogP contribution is -2.23. The molecule has 1 aromatic heterocycles. The number of hydrogen-bond donors (Lipinski definition) is 1. The van der Waals surface area contributed by atoms with Crippen molar-refractivity contribution in [3.63, 3.8) is 0 Å². The molecule has 1 heterocycles. The van der Waals surface area contributed by atoms with Crippen molar-refractivity contribution in [3.05, 3.63) is 51.6 Å². The van der Waals surface area contributed by atoms with Crippen LogP contribution in [0.5, 0.6) is 0 Å². The summed E-state index contributed by atoms with van der Waals surface area (Å²) in [6.07, 6.45) is 3.05. The number of ether oxygens (including phenoxy) is 1. The van der Waals surface area contributed by atoms with Crippen LogP contribution < -0.4 is 0 Å². The quantitative estimate of drug-likeness (QED) is 0.685. The SMILES string of the molecule is CCOC(=O)c1c[nH]c(=S)n1C1CCc2cc(F)cc(F)c2C1. The van der Waals surface area contributed by atoms with Gasteiger partial charge in [-0.05, 0) is 55.6 Å². The Hall–Kier alpha value is -2.02. The van der Waals surface area contributed by atoms with E-state index in [1.807, 2.05) is 0 Å². The second-order valence-corrected chi connectivity index (χ2v) is 5.88. The number of nitrogens with zero attached hydrogens (tertiary/aromatic N) is 1. The molecule has 1 aromatic carbocycles. The van der Waals surface area contributed by atoms with Crippen LogP contribution in [0.15, 0.2) is 18.3 Å². The number of esters is 1. The number of carbonyl (C=O) groups is 1. The average Bonchev–Trinajstić information content (AvgIpc) is 2.89. The largest absolute Gasteiger partial charge is 0.461 e. The number of carbonyl (C=O) groups excluding carboxylic acids is 1. The van der Waals surface area contributed by atoms with Gasteiger partial charge in [0.05, 0.1) is 6.61 Å². The summed E-state index contributed by atoms with van der Waals surface area (Å²) < 4.78 is 34.5. The van der Waals surface area contributed by atoms with Crippen LogP contribution in [0.25, 0.3) is 0 Å². The van der Waals surface area contributed by atoms with Crippen LogP contribution in [0, 0.1) is 16.4 Å². The van der Waals surface area contributed by atoms with Crippen molar-refractivity contribution in [1.82, 2.24) is 9.55 Å². The van der Waals surface area contributed by atoms with E-state index in [-0.39, 0.29) is 12.6 Å². The normalized spacial score (nSPS) is 16.9. The number of halogens is 2. The van der Waals surface area contributed by atoms with Gasteiger partial charge in [-0.1, -0.05) is 0 Å². The lowest BCUT2D eigenvalue weighted by molar-refractivity contribution is 0.0510. The van der Waals surface area contributed by atoms with Crippen molar-refractivity contribution in [2.45, 2.75) is 32.2 Å². The van der Waals surface area contributed by atoms with Gasteiger partial charge in [0.15, 0.2) is 4.77 Å². The third-order valence-electron chi connectivity index (χ3n) is 4.10. The first-order valence-corrected chi connectivity index (χ1v) is 7.86. The zero-order valence-corrected chi connectivity index (χ0v) is 13.4. The van der Waals surface area contributed by atoms with Crippen LogP contribution in [0.2, 0.25) is 0 Å². The highest BCUT2D eigenvalue weighted by molar-refractivity contribution is 7.71. The van der Waals surface area contributed by atoms with Gasteiger partial charge >= 0.3 is 5.97 Å². The monoisotopic (exact) mass is 338 g/mol. The minimum atomic E-state index is -0.565. The molecule has 0 radical (unpaired) electrons. The molecule has 2 aromatic rings. The van der Waals surface area contributed by atoms with Gasteiger partial charge in [0.1, 0.15) is 17.3 Å². The molecule has 23 heavy (non-hydrogen) atoms. The van der Waals surface area contributed by atoms with Crippen LogP contribution in [0.4, 0.5) is 8.78 Å². The summed E-state index contributed by atoms with van der Waals surface area (Å²) in [5.74, 6) is -1.58. The van der Waals surface area contributed by atoms with E-state index in [1.54, 1.807) is 11.5 Å². The summed E-state index contributed by atoms with van der Waals surface area (Å²) >= 11 is 5.26. The molecule has 3 rings (SSSR count). The molecule has 1 aliphatic rings. The Bertz CT molecular complexity index is 813. The average molecular weight is 338 g/mol. The van der Waals surface area contributed by atoms with Crippen LogP contribution in [-0.4, -0.2) is 22.1 Å². The molecule has 0 bridgehead atoms. The van der Waals surface area contributed by atoms with Crippen LogP contribution >= 0.6 is 12.2 Å². The number of hydrogen-bond acceptors (Lipinski definition) is 3. The second-order valence-electron chi connectivity index (χ2n) is 5.49. The molecule has 0 spiro atoms. The molecule has 0 saturated carbocycles. The van der Waals surface area contributed by atoms with E-state index in [0.717, 1.165) is 6.07 Å². The summed E-state index contributed by atoms with van der Waals surface area (Å²) in [7, 11) is 0. The van der Waals surface area contributed by atoms with Gasteiger partial charge in [-0.25, -0.2) is 13.6 Å². The number of rotatable bonds is 3. The predicted molar refractivity (Wildman–Crippen MR) is 83.0 cm³/mol. The molecule has 1 aliphatic carbocycles. The van der Waals surface area contributed by atoms with Crippen molar-refractivity contribution in [1.29, 1.82) is 0 Å². The molecule has 1 atom stereocenters. The lowest BCUT2D eigenvalue weighted by atomic mass is 9.87. The smallest absolute Gasteiger partial charge is 0.356 e. The minimum absolute atomic E-state index is 0.166. The van der Waals surface area contributed by atoms with Gasteiger partial charge in [0.2, 0.25) is 0 Å². The van der Waals surface area contributed by atoms with E-state index in [1.165, 1.54) is 12.3 Å². The molecule has 4 nitrogen and oxygen atoms in total. The summed E-state index contributed by atoms with van der Waals surface area (Å²) in [6.45, 7) is 1.99. The highest BCUT2D eigenvalue weighted by Gasteiger charge is 2.27. The molecule has 0 fully saturated rings. The molecule has 7 heteroatoms. The summed E-state index contributed by atoms with van der Waals surface area (Å²) in [5.41, 5.74) is 1.49. The van der Waals surface area contributed by atoms with Gasteiger partial charge in [-0.3, -0.25) is 0 Å². The van der Waals surface area contributed by atoms with Crippen LogP contribution in [-0.2, 0) is 17.6 Å². The van der Waals surface area contributed by atoms with Crippen molar-refractivity contribution in [2.24, 2.45) is 0 Å². The maximum Gasteiger partial charge on any atom is 0.356 e. The zero-order chi connectivity index (χ0) is 16.6. The maximum absolute atomic E-state index is 14.1. The highest BCUT2D eigenvalue weighted by atomic mass is 32.1. The molecule has 122 valence electrons. The molecule has 1 unspecified atom stereocenters. The third-order valence-corrected chi connectivity index (χ3v) is 4.41. The fourth-order valence-electron chi connectivity index (χ4n) is 3.09. The molecule has 1 N–H and O–H groups in total. The van der Waals surface area contributed by atoms with E-state index in [9.17, 15) is 13.6 Å². The van der Waals surface area contributed by atoms with E-state index in [4.69, 9.17) is 17.0 Å². The molecule has 0 amide bonds.